The number of methoxy groups -OCH3 is 2. The van der Waals surface area contributed by atoms with Gasteiger partial charge in [-0.2, -0.15) is 0 Å². The number of ether oxygens (including phenoxy) is 2. The first-order valence-electron chi connectivity index (χ1n) is 10.3. The van der Waals surface area contributed by atoms with Crippen LogP contribution >= 0.6 is 15.9 Å². The Hall–Kier alpha value is -3.18. The number of hydrogen-bond acceptors (Lipinski definition) is 7. The molecule has 34 heavy (non-hydrogen) atoms. The summed E-state index contributed by atoms with van der Waals surface area (Å²) in [5, 5.41) is 2.91. The van der Waals surface area contributed by atoms with E-state index in [0.717, 1.165) is 21.4 Å². The predicted octanol–water partition coefficient (Wildman–Crippen LogP) is 3.86. The van der Waals surface area contributed by atoms with Gasteiger partial charge in [0, 0.05) is 22.4 Å². The topological polar surface area (TPSA) is 115 Å². The summed E-state index contributed by atoms with van der Waals surface area (Å²) in [5.74, 6) is 1.52. The minimum absolute atomic E-state index is 0.0217. The molecule has 0 atom stereocenters. The number of halogens is 1. The van der Waals surface area contributed by atoms with E-state index in [-0.39, 0.29) is 16.8 Å². The number of nitrogens with one attached hydrogen (secondary N) is 2. The van der Waals surface area contributed by atoms with Gasteiger partial charge in [-0.05, 0) is 68.3 Å². The lowest BCUT2D eigenvalue weighted by atomic mass is 10.1. The van der Waals surface area contributed by atoms with E-state index in [1.165, 1.54) is 12.1 Å². The fraction of sp³-hybridized carbons (Fsp3) is 0.261. The average molecular weight is 548 g/mol. The molecule has 0 unspecified atom stereocenters. The van der Waals surface area contributed by atoms with Crippen LogP contribution in [0.5, 0.6) is 11.5 Å². The summed E-state index contributed by atoms with van der Waals surface area (Å²) in [5.41, 5.74) is 2.45. The van der Waals surface area contributed by atoms with Crippen LogP contribution in [0.1, 0.15) is 17.0 Å². The van der Waals surface area contributed by atoms with Crippen molar-refractivity contribution in [2.45, 2.75) is 25.2 Å². The van der Waals surface area contributed by atoms with E-state index < -0.39 is 10.0 Å². The molecule has 0 saturated carbocycles. The maximum absolute atomic E-state index is 12.9. The third kappa shape index (κ3) is 6.91. The standard InChI is InChI=1S/C23H26BrN5O4S/c1-15-13-16(2)27-23(26-15)28-22(29-34(30,31)19-8-6-18(24)7-9-19)25-12-11-17-5-10-20(32-3)21(14-17)33-4/h5-10,13-14H,11-12H2,1-4H3,(H2,25,26,27,28,29). The first kappa shape index (κ1) is 25.4. The second kappa shape index (κ2) is 11.3. The van der Waals surface area contributed by atoms with Crippen LogP contribution in [-0.4, -0.2) is 45.1 Å². The summed E-state index contributed by atoms with van der Waals surface area (Å²) in [4.78, 5) is 13.2. The number of nitrogens with zero attached hydrogens (tertiary/aromatic N) is 3. The van der Waals surface area contributed by atoms with Crippen LogP contribution in [0.2, 0.25) is 0 Å². The highest BCUT2D eigenvalue weighted by Gasteiger charge is 2.17. The van der Waals surface area contributed by atoms with E-state index in [1.807, 2.05) is 38.1 Å². The van der Waals surface area contributed by atoms with E-state index in [2.05, 4.69) is 40.9 Å². The molecule has 11 heteroatoms. The van der Waals surface area contributed by atoms with Gasteiger partial charge in [-0.25, -0.2) is 23.1 Å². The third-order valence-corrected chi connectivity index (χ3v) is 6.57. The maximum atomic E-state index is 12.9. The van der Waals surface area contributed by atoms with Crippen molar-refractivity contribution >= 4 is 37.9 Å². The zero-order valence-corrected chi connectivity index (χ0v) is 21.7. The summed E-state index contributed by atoms with van der Waals surface area (Å²) in [6.45, 7) is 3.96. The lowest BCUT2D eigenvalue weighted by molar-refractivity contribution is 0.354. The van der Waals surface area contributed by atoms with E-state index >= 15 is 0 Å². The van der Waals surface area contributed by atoms with E-state index in [4.69, 9.17) is 9.47 Å². The third-order valence-electron chi connectivity index (χ3n) is 4.69. The van der Waals surface area contributed by atoms with Crippen LogP contribution in [0.15, 0.2) is 62.9 Å². The number of rotatable bonds is 8. The quantitative estimate of drug-likeness (QED) is 0.325. The molecule has 0 aliphatic carbocycles. The van der Waals surface area contributed by atoms with Gasteiger partial charge in [0.2, 0.25) is 11.9 Å². The summed E-state index contributed by atoms with van der Waals surface area (Å²) in [7, 11) is -0.740. The van der Waals surface area contributed by atoms with Crippen molar-refractivity contribution in [3.05, 3.63) is 70.0 Å². The first-order valence-corrected chi connectivity index (χ1v) is 12.6. The molecule has 0 spiro atoms. The molecule has 0 amide bonds. The largest absolute Gasteiger partial charge is 0.493 e. The second-order valence-electron chi connectivity index (χ2n) is 7.33. The van der Waals surface area contributed by atoms with E-state index in [0.29, 0.717) is 24.5 Å². The Kier molecular flexibility index (Phi) is 8.46. The minimum atomic E-state index is -3.89. The zero-order chi connectivity index (χ0) is 24.7. The molecule has 9 nitrogen and oxygen atoms in total. The van der Waals surface area contributed by atoms with Crippen LogP contribution in [-0.2, 0) is 16.4 Å². The summed E-state index contributed by atoms with van der Waals surface area (Å²) in [6, 6.07) is 13.7. The van der Waals surface area contributed by atoms with Crippen LogP contribution in [0.25, 0.3) is 0 Å². The molecule has 1 aromatic heterocycles. The molecule has 0 radical (unpaired) electrons. The molecular formula is C23H26BrN5O4S. The van der Waals surface area contributed by atoms with Gasteiger partial charge in [-0.15, -0.1) is 0 Å². The highest BCUT2D eigenvalue weighted by molar-refractivity contribution is 9.10. The van der Waals surface area contributed by atoms with Crippen molar-refractivity contribution < 1.29 is 17.9 Å². The molecular weight excluding hydrogens is 522 g/mol. The molecule has 3 rings (SSSR count). The highest BCUT2D eigenvalue weighted by Crippen LogP contribution is 2.27. The molecule has 3 aromatic rings. The van der Waals surface area contributed by atoms with Crippen molar-refractivity contribution in [1.82, 2.24) is 14.7 Å². The molecule has 1 heterocycles. The first-order chi connectivity index (χ1) is 16.2. The SMILES string of the molecule is COc1ccc(CCN=C(Nc2nc(C)cc(C)n2)NS(=O)(=O)c2ccc(Br)cc2)cc1OC. The lowest BCUT2D eigenvalue weighted by Crippen LogP contribution is -2.36. The van der Waals surface area contributed by atoms with Gasteiger partial charge < -0.3 is 9.47 Å². The van der Waals surface area contributed by atoms with Crippen molar-refractivity contribution in [3.8, 4) is 11.5 Å². The number of anilines is 1. The number of aliphatic imine (C=N–C) groups is 1. The average Bonchev–Trinajstić information content (AvgIpc) is 2.78. The molecule has 0 fully saturated rings. The number of aromatic nitrogens is 2. The van der Waals surface area contributed by atoms with Crippen molar-refractivity contribution in [2.24, 2.45) is 4.99 Å². The fourth-order valence-corrected chi connectivity index (χ4v) is 4.36. The van der Waals surface area contributed by atoms with E-state index in [1.54, 1.807) is 26.4 Å². The molecule has 2 N–H and O–H groups in total. The van der Waals surface area contributed by atoms with Gasteiger partial charge in [-0.1, -0.05) is 22.0 Å². The van der Waals surface area contributed by atoms with Crippen LogP contribution < -0.4 is 19.5 Å². The van der Waals surface area contributed by atoms with Gasteiger partial charge >= 0.3 is 0 Å². The lowest BCUT2D eigenvalue weighted by Gasteiger charge is -2.13. The number of guanidine groups is 1. The van der Waals surface area contributed by atoms with Crippen LogP contribution in [0.3, 0.4) is 0 Å². The predicted molar refractivity (Wildman–Crippen MR) is 135 cm³/mol. The summed E-state index contributed by atoms with van der Waals surface area (Å²) < 4.78 is 39.8. The Morgan fingerprint density at radius 2 is 1.62 bits per heavy atom. The minimum Gasteiger partial charge on any atom is -0.493 e. The maximum Gasteiger partial charge on any atom is 0.264 e. The van der Waals surface area contributed by atoms with Crippen molar-refractivity contribution in [1.29, 1.82) is 0 Å². The van der Waals surface area contributed by atoms with Crippen LogP contribution in [0, 0.1) is 13.8 Å². The zero-order valence-electron chi connectivity index (χ0n) is 19.3. The number of benzene rings is 2. The second-order valence-corrected chi connectivity index (χ2v) is 9.93. The number of sulfonamides is 1. The van der Waals surface area contributed by atoms with Crippen LogP contribution in [0.4, 0.5) is 5.95 Å². The normalized spacial score (nSPS) is 11.7. The fourth-order valence-electron chi connectivity index (χ4n) is 3.12. The summed E-state index contributed by atoms with van der Waals surface area (Å²) >= 11 is 3.31. The Morgan fingerprint density at radius 1 is 0.971 bits per heavy atom. The molecule has 180 valence electrons. The molecule has 0 aliphatic rings. The monoisotopic (exact) mass is 547 g/mol. The number of hydrogen-bond donors (Lipinski definition) is 2. The van der Waals surface area contributed by atoms with Crippen molar-refractivity contribution in [2.75, 3.05) is 26.1 Å². The summed E-state index contributed by atoms with van der Waals surface area (Å²) in [6.07, 6.45) is 0.541. The Bertz CT molecular complexity index is 1260. The highest BCUT2D eigenvalue weighted by atomic mass is 79.9. The molecule has 0 saturated heterocycles. The molecule has 2 aromatic carbocycles. The van der Waals surface area contributed by atoms with Gasteiger partial charge in [0.1, 0.15) is 0 Å². The Labute approximate surface area is 207 Å². The van der Waals surface area contributed by atoms with Gasteiger partial charge in [0.15, 0.2) is 11.5 Å². The molecule has 0 aliphatic heterocycles. The Balaban J connectivity index is 1.84. The molecule has 0 bridgehead atoms. The van der Waals surface area contributed by atoms with Gasteiger partial charge in [-0.3, -0.25) is 10.3 Å². The number of aryl methyl sites for hydroxylation is 2. The van der Waals surface area contributed by atoms with Crippen molar-refractivity contribution in [3.63, 3.8) is 0 Å². The van der Waals surface area contributed by atoms with E-state index in [9.17, 15) is 8.42 Å². The van der Waals surface area contributed by atoms with Gasteiger partial charge in [0.25, 0.3) is 10.0 Å². The Morgan fingerprint density at radius 3 is 2.24 bits per heavy atom. The van der Waals surface area contributed by atoms with Gasteiger partial charge in [0.05, 0.1) is 19.1 Å². The smallest absolute Gasteiger partial charge is 0.264 e.